The maximum Gasteiger partial charge on any atom is 0.144 e. The fourth-order valence-electron chi connectivity index (χ4n) is 6.59. The average molecular weight is 305 g/mol. The van der Waals surface area contributed by atoms with E-state index in [4.69, 9.17) is 4.99 Å². The number of aliphatic imine (C=N–C) groups is 1. The Bertz CT molecular complexity index is 530. The van der Waals surface area contributed by atoms with Crippen molar-refractivity contribution in [3.8, 4) is 0 Å². The molecule has 0 saturated heterocycles. The molecule has 1 heterocycles. The Kier molecular flexibility index (Phi) is 3.29. The Morgan fingerprint density at radius 2 is 2.00 bits per heavy atom. The van der Waals surface area contributed by atoms with Gasteiger partial charge in [0.2, 0.25) is 0 Å². The topological polar surface area (TPSA) is 29.4 Å². The first-order valence-electron chi connectivity index (χ1n) is 9.13. The van der Waals surface area contributed by atoms with Gasteiger partial charge in [0.1, 0.15) is 12.5 Å². The van der Waals surface area contributed by atoms with E-state index in [1.165, 1.54) is 32.1 Å². The molecule has 0 radical (unpaired) electrons. The number of rotatable bonds is 1. The van der Waals surface area contributed by atoms with Crippen molar-refractivity contribution < 1.29 is 9.18 Å². The summed E-state index contributed by atoms with van der Waals surface area (Å²) in [7, 11) is 0. The zero-order valence-electron chi connectivity index (χ0n) is 13.9. The summed E-state index contributed by atoms with van der Waals surface area (Å²) >= 11 is 0. The second-order valence-electron chi connectivity index (χ2n) is 8.78. The van der Waals surface area contributed by atoms with Crippen molar-refractivity contribution in [2.75, 3.05) is 13.2 Å². The SMILES string of the molecule is C[C@@]12CCC[C@H]1[C@@H]1CN=C3C(CF)C(=O)CC[C@]3(C)[C@@H]1CC2. The lowest BCUT2D eigenvalue weighted by atomic mass is 9.49. The molecular weight excluding hydrogens is 277 g/mol. The minimum atomic E-state index is -0.550. The van der Waals surface area contributed by atoms with Gasteiger partial charge in [-0.2, -0.15) is 0 Å². The van der Waals surface area contributed by atoms with Crippen molar-refractivity contribution in [1.29, 1.82) is 0 Å². The quantitative estimate of drug-likeness (QED) is 0.713. The Morgan fingerprint density at radius 1 is 1.18 bits per heavy atom. The third-order valence-corrected chi connectivity index (χ3v) is 7.86. The number of halogens is 1. The second-order valence-corrected chi connectivity index (χ2v) is 8.78. The molecule has 0 aromatic rings. The van der Waals surface area contributed by atoms with Crippen molar-refractivity contribution in [2.24, 2.45) is 39.5 Å². The summed E-state index contributed by atoms with van der Waals surface area (Å²) in [6, 6.07) is 0. The lowest BCUT2D eigenvalue weighted by molar-refractivity contribution is -0.124. The van der Waals surface area contributed by atoms with Crippen molar-refractivity contribution in [3.05, 3.63) is 0 Å². The predicted molar refractivity (Wildman–Crippen MR) is 85.8 cm³/mol. The number of fused-ring (bicyclic) bond motifs is 5. The number of hydrogen-bond acceptors (Lipinski definition) is 2. The van der Waals surface area contributed by atoms with Gasteiger partial charge in [0.05, 0.1) is 5.92 Å². The smallest absolute Gasteiger partial charge is 0.144 e. The van der Waals surface area contributed by atoms with Crippen LogP contribution in [0.2, 0.25) is 0 Å². The molecule has 0 spiro atoms. The molecule has 0 amide bonds. The molecule has 4 aliphatic rings. The third kappa shape index (κ3) is 1.83. The van der Waals surface area contributed by atoms with Gasteiger partial charge < -0.3 is 0 Å². The molecule has 122 valence electrons. The van der Waals surface area contributed by atoms with Crippen molar-refractivity contribution in [2.45, 2.75) is 58.8 Å². The molecule has 1 aliphatic heterocycles. The van der Waals surface area contributed by atoms with E-state index in [1.54, 1.807) is 0 Å². The monoisotopic (exact) mass is 305 g/mol. The maximum absolute atomic E-state index is 13.5. The highest BCUT2D eigenvalue weighted by Gasteiger charge is 2.58. The first kappa shape index (κ1) is 14.8. The van der Waals surface area contributed by atoms with Gasteiger partial charge in [-0.15, -0.1) is 0 Å². The van der Waals surface area contributed by atoms with Crippen LogP contribution in [0.1, 0.15) is 58.8 Å². The molecule has 3 aliphatic carbocycles. The molecule has 4 rings (SSSR count). The fourth-order valence-corrected chi connectivity index (χ4v) is 6.59. The highest BCUT2D eigenvalue weighted by atomic mass is 19.1. The highest BCUT2D eigenvalue weighted by Crippen LogP contribution is 2.62. The highest BCUT2D eigenvalue weighted by molar-refractivity contribution is 6.10. The van der Waals surface area contributed by atoms with E-state index >= 15 is 0 Å². The largest absolute Gasteiger partial charge is 0.299 e. The van der Waals surface area contributed by atoms with Gasteiger partial charge in [-0.3, -0.25) is 9.79 Å². The number of carbonyl (C=O) groups is 1. The number of nitrogens with zero attached hydrogens (tertiary/aromatic N) is 1. The molecule has 0 bridgehead atoms. The Hall–Kier alpha value is -0.730. The van der Waals surface area contributed by atoms with E-state index in [9.17, 15) is 9.18 Å². The van der Waals surface area contributed by atoms with E-state index in [2.05, 4.69) is 13.8 Å². The van der Waals surface area contributed by atoms with E-state index in [-0.39, 0.29) is 11.2 Å². The summed E-state index contributed by atoms with van der Waals surface area (Å²) in [5, 5.41) is 0. The molecule has 3 saturated carbocycles. The molecule has 2 nitrogen and oxygen atoms in total. The lowest BCUT2D eigenvalue weighted by Crippen LogP contribution is -2.56. The van der Waals surface area contributed by atoms with Crippen LogP contribution in [-0.4, -0.2) is 24.7 Å². The maximum atomic E-state index is 13.5. The van der Waals surface area contributed by atoms with Crippen LogP contribution in [0.15, 0.2) is 4.99 Å². The Labute approximate surface area is 133 Å². The fraction of sp³-hybridized carbons (Fsp3) is 0.895. The van der Waals surface area contributed by atoms with Crippen LogP contribution < -0.4 is 0 Å². The van der Waals surface area contributed by atoms with Gasteiger partial charge in [0.25, 0.3) is 0 Å². The van der Waals surface area contributed by atoms with Crippen LogP contribution in [0.25, 0.3) is 0 Å². The van der Waals surface area contributed by atoms with Crippen molar-refractivity contribution in [3.63, 3.8) is 0 Å². The molecule has 1 unspecified atom stereocenters. The van der Waals surface area contributed by atoms with Crippen molar-refractivity contribution >= 4 is 11.5 Å². The summed E-state index contributed by atoms with van der Waals surface area (Å²) in [6.45, 7) is 5.07. The Balaban J connectivity index is 1.71. The molecule has 22 heavy (non-hydrogen) atoms. The van der Waals surface area contributed by atoms with Crippen LogP contribution >= 0.6 is 0 Å². The van der Waals surface area contributed by atoms with Gasteiger partial charge in [-0.25, -0.2) is 4.39 Å². The summed E-state index contributed by atoms with van der Waals surface area (Å²) in [5.74, 6) is 1.65. The van der Waals surface area contributed by atoms with Gasteiger partial charge in [0.15, 0.2) is 0 Å². The van der Waals surface area contributed by atoms with Crippen LogP contribution in [-0.2, 0) is 4.79 Å². The summed E-state index contributed by atoms with van der Waals surface area (Å²) in [6.07, 6.45) is 8.10. The number of hydrogen-bond donors (Lipinski definition) is 0. The van der Waals surface area contributed by atoms with Crippen LogP contribution in [0.5, 0.6) is 0 Å². The normalized spacial score (nSPS) is 50.9. The minimum Gasteiger partial charge on any atom is -0.299 e. The van der Waals surface area contributed by atoms with Gasteiger partial charge in [-0.05, 0) is 55.3 Å². The van der Waals surface area contributed by atoms with Crippen LogP contribution in [0.4, 0.5) is 4.39 Å². The zero-order chi connectivity index (χ0) is 15.5. The first-order valence-corrected chi connectivity index (χ1v) is 9.13. The van der Waals surface area contributed by atoms with Gasteiger partial charge >= 0.3 is 0 Å². The van der Waals surface area contributed by atoms with Gasteiger partial charge in [-0.1, -0.05) is 20.3 Å². The average Bonchev–Trinajstić information content (AvgIpc) is 2.89. The first-order chi connectivity index (χ1) is 10.5. The number of Topliss-reactive ketones (excluding diaryl/α,β-unsaturated/α-hetero) is 1. The van der Waals surface area contributed by atoms with E-state index < -0.39 is 12.6 Å². The molecule has 6 atom stereocenters. The van der Waals surface area contributed by atoms with E-state index in [0.29, 0.717) is 23.7 Å². The van der Waals surface area contributed by atoms with Crippen molar-refractivity contribution in [1.82, 2.24) is 0 Å². The summed E-state index contributed by atoms with van der Waals surface area (Å²) in [4.78, 5) is 17.0. The standard InChI is InChI=1S/C19H28FNO/c1-18-7-3-4-14(18)13-11-21-17-12(10-20)16(22)6-9-19(17,2)15(13)5-8-18/h12-15H,3-11H2,1-2H3/t12?,13-,14-,15+,18-,19+/m0/s1. The van der Waals surface area contributed by atoms with Crippen LogP contribution in [0.3, 0.4) is 0 Å². The molecule has 3 heteroatoms. The van der Waals surface area contributed by atoms with E-state index in [0.717, 1.165) is 24.6 Å². The van der Waals surface area contributed by atoms with Gasteiger partial charge in [0, 0.05) is 24.1 Å². The minimum absolute atomic E-state index is 0.0164. The zero-order valence-corrected chi connectivity index (χ0v) is 13.9. The summed E-state index contributed by atoms with van der Waals surface area (Å²) in [5.41, 5.74) is 1.43. The second kappa shape index (κ2) is 4.88. The molecule has 0 aromatic heterocycles. The third-order valence-electron chi connectivity index (χ3n) is 7.86. The molecule has 0 N–H and O–H groups in total. The number of ketones is 1. The van der Waals surface area contributed by atoms with E-state index in [1.807, 2.05) is 0 Å². The van der Waals surface area contributed by atoms with Crippen LogP contribution in [0, 0.1) is 34.5 Å². The molecular formula is C19H28FNO. The number of alkyl halides is 1. The Morgan fingerprint density at radius 3 is 2.77 bits per heavy atom. The summed E-state index contributed by atoms with van der Waals surface area (Å²) < 4.78 is 13.5. The lowest BCUT2D eigenvalue weighted by Gasteiger charge is -2.56. The molecule has 3 fully saturated rings. The molecule has 0 aromatic carbocycles. The number of carbonyl (C=O) groups excluding carboxylic acids is 1. The predicted octanol–water partition coefficient (Wildman–Crippen LogP) is 4.23.